The Bertz CT molecular complexity index is 700. The summed E-state index contributed by atoms with van der Waals surface area (Å²) in [5, 5.41) is 4.07. The number of nitrogens with two attached hydrogens (primary N) is 1. The van der Waals surface area contributed by atoms with Gasteiger partial charge in [0, 0.05) is 24.2 Å². The van der Waals surface area contributed by atoms with Gasteiger partial charge in [-0.05, 0) is 63.4 Å². The third-order valence-corrected chi connectivity index (χ3v) is 5.86. The zero-order chi connectivity index (χ0) is 20.6. The molecule has 2 saturated heterocycles. The second kappa shape index (κ2) is 10.7. The Labute approximate surface area is 178 Å². The molecule has 0 aliphatic carbocycles. The van der Waals surface area contributed by atoms with Crippen molar-refractivity contribution in [2.24, 2.45) is 10.7 Å². The average Bonchev–Trinajstić information content (AvgIpc) is 3.23. The first-order valence-corrected chi connectivity index (χ1v) is 10.9. The lowest BCUT2D eigenvalue weighted by Gasteiger charge is -2.32. The summed E-state index contributed by atoms with van der Waals surface area (Å²) in [5.74, 6) is 0.464. The van der Waals surface area contributed by atoms with E-state index in [1.165, 1.54) is 18.4 Å². The van der Waals surface area contributed by atoms with Crippen molar-refractivity contribution in [2.45, 2.75) is 44.7 Å². The third-order valence-electron chi connectivity index (χ3n) is 5.62. The van der Waals surface area contributed by atoms with Crippen molar-refractivity contribution < 1.29 is 9.53 Å². The fraction of sp³-hybridized carbons (Fsp3) is 0.619. The Hall–Kier alpha value is -1.99. The number of carbonyl (C=O) groups excluding carboxylic acids is 1. The first-order chi connectivity index (χ1) is 14.1. The molecule has 1 atom stereocenters. The molecule has 3 rings (SSSR count). The molecule has 0 radical (unpaired) electrons. The third kappa shape index (κ3) is 6.24. The summed E-state index contributed by atoms with van der Waals surface area (Å²) in [7, 11) is 0. The molecule has 7 nitrogen and oxygen atoms in total. The van der Waals surface area contributed by atoms with Crippen molar-refractivity contribution in [2.75, 3.05) is 39.3 Å². The van der Waals surface area contributed by atoms with Crippen LogP contribution in [-0.4, -0.2) is 67.2 Å². The Morgan fingerprint density at radius 2 is 2.03 bits per heavy atom. The number of carbonyl (C=O) groups is 1. The molecule has 1 aromatic rings. The number of amides is 1. The average molecular weight is 422 g/mol. The summed E-state index contributed by atoms with van der Waals surface area (Å²) in [4.78, 5) is 20.7. The van der Waals surface area contributed by atoms with Gasteiger partial charge >= 0.3 is 6.09 Å². The zero-order valence-electron chi connectivity index (χ0n) is 17.1. The van der Waals surface area contributed by atoms with Crippen molar-refractivity contribution in [3.05, 3.63) is 34.9 Å². The van der Waals surface area contributed by atoms with Crippen molar-refractivity contribution >= 4 is 23.7 Å². The second-order valence-corrected chi connectivity index (χ2v) is 8.08. The van der Waals surface area contributed by atoms with E-state index in [1.54, 1.807) is 4.90 Å². The molecule has 0 saturated carbocycles. The highest BCUT2D eigenvalue weighted by molar-refractivity contribution is 6.30. The molecule has 1 aromatic carbocycles. The van der Waals surface area contributed by atoms with Crippen LogP contribution in [0.1, 0.15) is 44.2 Å². The van der Waals surface area contributed by atoms with E-state index in [2.05, 4.69) is 21.3 Å². The minimum absolute atomic E-state index is 0.183. The van der Waals surface area contributed by atoms with E-state index in [4.69, 9.17) is 22.1 Å². The van der Waals surface area contributed by atoms with Gasteiger partial charge in [-0.2, -0.15) is 0 Å². The van der Waals surface area contributed by atoms with E-state index in [-0.39, 0.29) is 18.2 Å². The van der Waals surface area contributed by atoms with Gasteiger partial charge in [0.15, 0.2) is 5.96 Å². The van der Waals surface area contributed by atoms with E-state index in [1.807, 2.05) is 25.1 Å². The number of nitrogens with zero attached hydrogens (tertiary/aromatic N) is 3. The molecule has 0 spiro atoms. The highest BCUT2D eigenvalue weighted by Gasteiger charge is 2.25. The van der Waals surface area contributed by atoms with E-state index >= 15 is 0 Å². The summed E-state index contributed by atoms with van der Waals surface area (Å²) in [6.07, 6.45) is 3.86. The van der Waals surface area contributed by atoms with Crippen LogP contribution in [0.4, 0.5) is 4.79 Å². The predicted octanol–water partition coefficient (Wildman–Crippen LogP) is 3.00. The maximum Gasteiger partial charge on any atom is 0.409 e. The smallest absolute Gasteiger partial charge is 0.409 e. The summed E-state index contributed by atoms with van der Waals surface area (Å²) in [6.45, 7) is 6.31. The quantitative estimate of drug-likeness (QED) is 0.545. The zero-order valence-corrected chi connectivity index (χ0v) is 17.9. The molecule has 1 unspecified atom stereocenters. The minimum Gasteiger partial charge on any atom is -0.450 e. The number of hydrogen-bond acceptors (Lipinski definition) is 4. The number of nitrogens with one attached hydrogen (secondary N) is 1. The monoisotopic (exact) mass is 421 g/mol. The van der Waals surface area contributed by atoms with Gasteiger partial charge in [0.1, 0.15) is 0 Å². The second-order valence-electron chi connectivity index (χ2n) is 7.64. The van der Waals surface area contributed by atoms with Crippen LogP contribution in [0, 0.1) is 0 Å². The molecule has 160 valence electrons. The minimum atomic E-state index is -0.234. The number of likely N-dealkylation sites (tertiary alicyclic amines) is 2. The van der Waals surface area contributed by atoms with Crippen LogP contribution in [0.3, 0.4) is 0 Å². The van der Waals surface area contributed by atoms with Crippen LogP contribution in [0.25, 0.3) is 0 Å². The van der Waals surface area contributed by atoms with Crippen LogP contribution < -0.4 is 11.1 Å². The summed E-state index contributed by atoms with van der Waals surface area (Å²) in [6, 6.07) is 8.42. The number of benzene rings is 1. The Morgan fingerprint density at radius 1 is 1.31 bits per heavy atom. The molecule has 8 heteroatoms. The molecule has 2 aliphatic heterocycles. The maximum absolute atomic E-state index is 11.8. The fourth-order valence-corrected chi connectivity index (χ4v) is 4.26. The number of guanidine groups is 1. The van der Waals surface area contributed by atoms with Crippen molar-refractivity contribution in [3.63, 3.8) is 0 Å². The molecule has 1 amide bonds. The Balaban J connectivity index is 1.55. The Morgan fingerprint density at radius 3 is 2.69 bits per heavy atom. The normalized spacial score (nSPS) is 19.9. The lowest BCUT2D eigenvalue weighted by molar-refractivity contribution is 0.0963. The molecular weight excluding hydrogens is 390 g/mol. The van der Waals surface area contributed by atoms with Crippen LogP contribution in [0.2, 0.25) is 5.02 Å². The topological polar surface area (TPSA) is 83.2 Å². The van der Waals surface area contributed by atoms with E-state index in [0.717, 1.165) is 31.0 Å². The van der Waals surface area contributed by atoms with Gasteiger partial charge in [-0.1, -0.05) is 23.7 Å². The molecule has 0 bridgehead atoms. The number of aliphatic imine (C=N–C) groups is 1. The predicted molar refractivity (Wildman–Crippen MR) is 116 cm³/mol. The largest absolute Gasteiger partial charge is 0.450 e. The summed E-state index contributed by atoms with van der Waals surface area (Å²) < 4.78 is 5.07. The summed E-state index contributed by atoms with van der Waals surface area (Å²) in [5.41, 5.74) is 7.37. The fourth-order valence-electron chi connectivity index (χ4n) is 4.06. The number of halogens is 1. The van der Waals surface area contributed by atoms with Gasteiger partial charge in [0.25, 0.3) is 0 Å². The lowest BCUT2D eigenvalue weighted by Crippen LogP contribution is -2.48. The van der Waals surface area contributed by atoms with Crippen LogP contribution in [-0.2, 0) is 4.74 Å². The van der Waals surface area contributed by atoms with Gasteiger partial charge < -0.3 is 20.7 Å². The SMILES string of the molecule is CCOC(=O)N1CCC(NC(N)=NCC(c2cccc(Cl)c2)N2CCCC2)CC1. The van der Waals surface area contributed by atoms with Gasteiger partial charge in [-0.15, -0.1) is 0 Å². The molecule has 2 aliphatic rings. The van der Waals surface area contributed by atoms with Gasteiger partial charge in [-0.3, -0.25) is 9.89 Å². The maximum atomic E-state index is 11.8. The first kappa shape index (κ1) is 21.7. The standard InChI is InChI=1S/C21H32ClN5O2/c1-2-29-21(28)27-12-8-18(9-13-27)25-20(23)24-15-19(26-10-3-4-11-26)16-6-5-7-17(22)14-16/h5-7,14,18-19H,2-4,8-13,15H2,1H3,(H3,23,24,25). The molecule has 29 heavy (non-hydrogen) atoms. The lowest BCUT2D eigenvalue weighted by atomic mass is 10.1. The molecule has 3 N–H and O–H groups in total. The van der Waals surface area contributed by atoms with Gasteiger partial charge in [-0.25, -0.2) is 4.79 Å². The summed E-state index contributed by atoms with van der Waals surface area (Å²) >= 11 is 6.21. The number of hydrogen-bond donors (Lipinski definition) is 2. The highest BCUT2D eigenvalue weighted by Crippen LogP contribution is 2.27. The van der Waals surface area contributed by atoms with Gasteiger partial charge in [0.2, 0.25) is 0 Å². The van der Waals surface area contributed by atoms with Crippen LogP contribution in [0.15, 0.2) is 29.3 Å². The first-order valence-electron chi connectivity index (χ1n) is 10.5. The molecule has 0 aromatic heterocycles. The van der Waals surface area contributed by atoms with Crippen molar-refractivity contribution in [1.29, 1.82) is 0 Å². The van der Waals surface area contributed by atoms with Crippen molar-refractivity contribution in [1.82, 2.24) is 15.1 Å². The molecule has 2 fully saturated rings. The van der Waals surface area contributed by atoms with E-state index < -0.39 is 0 Å². The number of rotatable bonds is 6. The van der Waals surface area contributed by atoms with Gasteiger partial charge in [0.05, 0.1) is 19.2 Å². The van der Waals surface area contributed by atoms with E-state index in [0.29, 0.717) is 32.2 Å². The van der Waals surface area contributed by atoms with E-state index in [9.17, 15) is 4.79 Å². The van der Waals surface area contributed by atoms with Crippen LogP contribution >= 0.6 is 11.6 Å². The Kier molecular flexibility index (Phi) is 8.00. The number of piperidine rings is 1. The number of ether oxygens (including phenoxy) is 1. The highest BCUT2D eigenvalue weighted by atomic mass is 35.5. The van der Waals surface area contributed by atoms with Crippen molar-refractivity contribution in [3.8, 4) is 0 Å². The molecular formula is C21H32ClN5O2. The molecule has 2 heterocycles. The van der Waals surface area contributed by atoms with Crippen LogP contribution in [0.5, 0.6) is 0 Å².